The summed E-state index contributed by atoms with van der Waals surface area (Å²) in [5.41, 5.74) is 0.757. The van der Waals surface area contributed by atoms with E-state index in [-0.39, 0.29) is 6.10 Å². The van der Waals surface area contributed by atoms with Crippen LogP contribution in [0, 0.1) is 5.95 Å². The molecule has 1 fully saturated rings. The monoisotopic (exact) mass is 196 g/mol. The van der Waals surface area contributed by atoms with Crippen molar-refractivity contribution >= 4 is 5.69 Å². The van der Waals surface area contributed by atoms with Gasteiger partial charge in [-0.15, -0.1) is 0 Å². The Balaban J connectivity index is 1.85. The fourth-order valence-electron chi connectivity index (χ4n) is 1.55. The molecule has 0 radical (unpaired) electrons. The van der Waals surface area contributed by atoms with Gasteiger partial charge in [0.15, 0.2) is 0 Å². The van der Waals surface area contributed by atoms with Crippen LogP contribution in [0.3, 0.4) is 0 Å². The van der Waals surface area contributed by atoms with E-state index in [0.29, 0.717) is 0 Å². The van der Waals surface area contributed by atoms with Crippen LogP contribution in [-0.2, 0) is 4.74 Å². The van der Waals surface area contributed by atoms with E-state index in [1.165, 1.54) is 12.3 Å². The van der Waals surface area contributed by atoms with E-state index in [1.54, 1.807) is 6.07 Å². The van der Waals surface area contributed by atoms with Crippen molar-refractivity contribution in [2.24, 2.45) is 0 Å². The van der Waals surface area contributed by atoms with Gasteiger partial charge in [0, 0.05) is 31.1 Å². The summed E-state index contributed by atoms with van der Waals surface area (Å²) in [5, 5.41) is 3.12. The minimum atomic E-state index is -0.456. The van der Waals surface area contributed by atoms with E-state index in [2.05, 4.69) is 10.3 Å². The lowest BCUT2D eigenvalue weighted by Gasteiger charge is -2.11. The standard InChI is InChI=1S/C10H13FN2O/c11-10-6-8(3-4-12-10)13-7-9-2-1-5-14-9/h3-4,6,9H,1-2,5,7H2,(H,12,13). The van der Waals surface area contributed by atoms with E-state index < -0.39 is 5.95 Å². The summed E-state index contributed by atoms with van der Waals surface area (Å²) in [6.45, 7) is 1.58. The lowest BCUT2D eigenvalue weighted by molar-refractivity contribution is 0.120. The third-order valence-corrected chi connectivity index (χ3v) is 2.28. The number of nitrogens with zero attached hydrogens (tertiary/aromatic N) is 1. The summed E-state index contributed by atoms with van der Waals surface area (Å²) >= 11 is 0. The van der Waals surface area contributed by atoms with Crippen LogP contribution in [0.4, 0.5) is 10.1 Å². The Kier molecular flexibility index (Phi) is 2.93. The number of ether oxygens (including phenoxy) is 1. The van der Waals surface area contributed by atoms with E-state index in [4.69, 9.17) is 4.74 Å². The first-order valence-electron chi connectivity index (χ1n) is 4.81. The van der Waals surface area contributed by atoms with Crippen molar-refractivity contribution in [3.63, 3.8) is 0 Å². The van der Waals surface area contributed by atoms with Crippen LogP contribution in [0.2, 0.25) is 0 Å². The normalized spacial score (nSPS) is 21.1. The van der Waals surface area contributed by atoms with E-state index >= 15 is 0 Å². The molecule has 1 atom stereocenters. The molecule has 14 heavy (non-hydrogen) atoms. The maximum absolute atomic E-state index is 12.7. The van der Waals surface area contributed by atoms with E-state index in [1.807, 2.05) is 0 Å². The summed E-state index contributed by atoms with van der Waals surface area (Å²) in [6.07, 6.45) is 3.93. The molecule has 1 saturated heterocycles. The zero-order valence-corrected chi connectivity index (χ0v) is 7.87. The van der Waals surface area contributed by atoms with Crippen LogP contribution in [0.5, 0.6) is 0 Å². The smallest absolute Gasteiger partial charge is 0.214 e. The number of pyridine rings is 1. The summed E-state index contributed by atoms with van der Waals surface area (Å²) in [6, 6.07) is 3.13. The van der Waals surface area contributed by atoms with E-state index in [9.17, 15) is 4.39 Å². The van der Waals surface area contributed by atoms with Gasteiger partial charge in [0.25, 0.3) is 0 Å². The number of rotatable bonds is 3. The lowest BCUT2D eigenvalue weighted by atomic mass is 10.2. The van der Waals surface area contributed by atoms with Gasteiger partial charge >= 0.3 is 0 Å². The van der Waals surface area contributed by atoms with Gasteiger partial charge in [-0.25, -0.2) is 4.98 Å². The Morgan fingerprint density at radius 3 is 3.29 bits per heavy atom. The van der Waals surface area contributed by atoms with Gasteiger partial charge in [0.2, 0.25) is 5.95 Å². The fourth-order valence-corrected chi connectivity index (χ4v) is 1.55. The van der Waals surface area contributed by atoms with Crippen molar-refractivity contribution in [1.29, 1.82) is 0 Å². The largest absolute Gasteiger partial charge is 0.382 e. The van der Waals surface area contributed by atoms with Gasteiger partial charge in [0.1, 0.15) is 0 Å². The molecule has 4 heteroatoms. The molecule has 0 aliphatic carbocycles. The number of halogens is 1. The first-order chi connectivity index (χ1) is 6.84. The highest BCUT2D eigenvalue weighted by Crippen LogP contribution is 2.13. The molecule has 1 aromatic heterocycles. The molecule has 1 N–H and O–H groups in total. The highest BCUT2D eigenvalue weighted by Gasteiger charge is 2.14. The molecule has 0 spiro atoms. The van der Waals surface area contributed by atoms with Gasteiger partial charge in [-0.2, -0.15) is 4.39 Å². The van der Waals surface area contributed by atoms with Gasteiger partial charge < -0.3 is 10.1 Å². The number of hydrogen-bond donors (Lipinski definition) is 1. The molecule has 2 rings (SSSR count). The summed E-state index contributed by atoms with van der Waals surface area (Å²) in [5.74, 6) is -0.456. The Hall–Kier alpha value is -1.16. The van der Waals surface area contributed by atoms with Crippen LogP contribution in [-0.4, -0.2) is 24.2 Å². The zero-order chi connectivity index (χ0) is 9.80. The SMILES string of the molecule is Fc1cc(NCC2CCCO2)ccn1. The maximum atomic E-state index is 12.7. The third kappa shape index (κ3) is 2.42. The van der Waals surface area contributed by atoms with Crippen molar-refractivity contribution in [2.75, 3.05) is 18.5 Å². The highest BCUT2D eigenvalue weighted by molar-refractivity contribution is 5.41. The summed E-state index contributed by atoms with van der Waals surface area (Å²) in [7, 11) is 0. The first-order valence-corrected chi connectivity index (χ1v) is 4.81. The van der Waals surface area contributed by atoms with E-state index in [0.717, 1.165) is 31.7 Å². The van der Waals surface area contributed by atoms with Crippen LogP contribution in [0.15, 0.2) is 18.3 Å². The molecule has 1 aliphatic rings. The van der Waals surface area contributed by atoms with Gasteiger partial charge in [-0.05, 0) is 18.9 Å². The molecule has 0 amide bonds. The van der Waals surface area contributed by atoms with Crippen molar-refractivity contribution < 1.29 is 9.13 Å². The second kappa shape index (κ2) is 4.37. The quantitative estimate of drug-likeness (QED) is 0.749. The van der Waals surface area contributed by atoms with Crippen LogP contribution in [0.1, 0.15) is 12.8 Å². The number of nitrogens with one attached hydrogen (secondary N) is 1. The molecule has 0 aromatic carbocycles. The van der Waals surface area contributed by atoms with Crippen molar-refractivity contribution in [2.45, 2.75) is 18.9 Å². The molecule has 0 bridgehead atoms. The van der Waals surface area contributed by atoms with Gasteiger partial charge in [-0.1, -0.05) is 0 Å². The minimum Gasteiger partial charge on any atom is -0.382 e. The Bertz CT molecular complexity index is 300. The number of anilines is 1. The molecule has 2 heterocycles. The molecule has 1 aromatic rings. The highest BCUT2D eigenvalue weighted by atomic mass is 19.1. The van der Waals surface area contributed by atoms with Crippen molar-refractivity contribution in [3.05, 3.63) is 24.3 Å². The number of aromatic nitrogens is 1. The molecule has 1 aliphatic heterocycles. The molecular formula is C10H13FN2O. The predicted octanol–water partition coefficient (Wildman–Crippen LogP) is 1.81. The fraction of sp³-hybridized carbons (Fsp3) is 0.500. The molecule has 3 nitrogen and oxygen atoms in total. The van der Waals surface area contributed by atoms with Gasteiger partial charge in [-0.3, -0.25) is 0 Å². The summed E-state index contributed by atoms with van der Waals surface area (Å²) in [4.78, 5) is 3.48. The van der Waals surface area contributed by atoms with Crippen LogP contribution < -0.4 is 5.32 Å². The summed E-state index contributed by atoms with van der Waals surface area (Å²) < 4.78 is 18.1. The molecule has 0 saturated carbocycles. The second-order valence-electron chi connectivity index (χ2n) is 3.38. The maximum Gasteiger partial charge on any atom is 0.214 e. The van der Waals surface area contributed by atoms with Gasteiger partial charge in [0.05, 0.1) is 6.10 Å². The average Bonchev–Trinajstić information content (AvgIpc) is 2.67. The average molecular weight is 196 g/mol. The predicted molar refractivity (Wildman–Crippen MR) is 51.7 cm³/mol. The second-order valence-corrected chi connectivity index (χ2v) is 3.38. The molecule has 1 unspecified atom stereocenters. The lowest BCUT2D eigenvalue weighted by Crippen LogP contribution is -2.18. The zero-order valence-electron chi connectivity index (χ0n) is 7.87. The topological polar surface area (TPSA) is 34.1 Å². The van der Waals surface area contributed by atoms with Crippen molar-refractivity contribution in [1.82, 2.24) is 4.98 Å². The van der Waals surface area contributed by atoms with Crippen LogP contribution >= 0.6 is 0 Å². The first kappa shape index (κ1) is 9.40. The Morgan fingerprint density at radius 2 is 2.57 bits per heavy atom. The van der Waals surface area contributed by atoms with Crippen molar-refractivity contribution in [3.8, 4) is 0 Å². The Labute approximate surface area is 82.3 Å². The molecular weight excluding hydrogens is 183 g/mol. The number of hydrogen-bond acceptors (Lipinski definition) is 3. The van der Waals surface area contributed by atoms with Crippen LogP contribution in [0.25, 0.3) is 0 Å². The third-order valence-electron chi connectivity index (χ3n) is 2.28. The minimum absolute atomic E-state index is 0.270. The molecule has 76 valence electrons. The Morgan fingerprint density at radius 1 is 1.64 bits per heavy atom.